The Morgan fingerprint density at radius 1 is 1.54 bits per heavy atom. The molecule has 1 atom stereocenters. The molecule has 13 heavy (non-hydrogen) atoms. The first-order chi connectivity index (χ1) is 5.89. The van der Waals surface area contributed by atoms with Crippen LogP contribution in [-0.2, 0) is 14.6 Å². The second kappa shape index (κ2) is 5.59. The minimum absolute atomic E-state index is 0.123. The minimum atomic E-state index is -3.49. The molecule has 0 aliphatic carbocycles. The Hall–Kier alpha value is 0.760. The van der Waals surface area contributed by atoms with Crippen LogP contribution >= 0.6 is 28.8 Å². The van der Waals surface area contributed by atoms with Crippen LogP contribution in [0.25, 0.3) is 0 Å². The van der Waals surface area contributed by atoms with E-state index in [1.54, 1.807) is 0 Å². The number of nitrogens with one attached hydrogen (secondary N) is 2. The van der Waals surface area contributed by atoms with Crippen molar-refractivity contribution >= 4 is 38.9 Å². The lowest BCUT2D eigenvalue weighted by atomic mass is 11.0. The Morgan fingerprint density at radius 3 is 2.38 bits per heavy atom. The Kier molecular flexibility index (Phi) is 5.92. The number of sulfonamides is 1. The summed E-state index contributed by atoms with van der Waals surface area (Å²) in [5, 5.41) is 5.12. The van der Waals surface area contributed by atoms with E-state index in [0.717, 1.165) is 11.6 Å². The van der Waals surface area contributed by atoms with Crippen molar-refractivity contribution in [2.24, 2.45) is 5.14 Å². The molecule has 0 bridgehead atoms. The van der Waals surface area contributed by atoms with Crippen molar-refractivity contribution in [3.63, 3.8) is 0 Å². The van der Waals surface area contributed by atoms with Gasteiger partial charge in [0.25, 0.3) is 5.70 Å². The van der Waals surface area contributed by atoms with Crippen molar-refractivity contribution in [3.8, 4) is 0 Å². The van der Waals surface area contributed by atoms with Gasteiger partial charge in [-0.05, 0) is 14.0 Å². The van der Waals surface area contributed by atoms with Crippen LogP contribution in [0.1, 0.15) is 6.92 Å². The highest BCUT2D eigenvalue weighted by Gasteiger charge is 2.27. The zero-order valence-electron chi connectivity index (χ0n) is 7.18. The van der Waals surface area contributed by atoms with E-state index >= 15 is 0 Å². The van der Waals surface area contributed by atoms with Crippen LogP contribution in [0.3, 0.4) is 0 Å². The van der Waals surface area contributed by atoms with Gasteiger partial charge in [0, 0.05) is 23.1 Å². The van der Waals surface area contributed by atoms with E-state index in [-0.39, 0.29) is 5.75 Å². The summed E-state index contributed by atoms with van der Waals surface area (Å²) in [5.74, 6) is -0.123. The third kappa shape index (κ3) is 5.26. The molecule has 1 unspecified atom stereocenters. The SMILES string of the molecule is CCS(=O)(=O)NP(=O)(SN)SNC. The molecule has 0 saturated heterocycles. The molecule has 6 nitrogen and oxygen atoms in total. The van der Waals surface area contributed by atoms with Crippen LogP contribution < -0.4 is 14.4 Å². The lowest BCUT2D eigenvalue weighted by Gasteiger charge is -2.13. The van der Waals surface area contributed by atoms with Gasteiger partial charge < -0.3 is 0 Å². The van der Waals surface area contributed by atoms with Crippen LogP contribution in [0.15, 0.2) is 0 Å². The van der Waals surface area contributed by atoms with Gasteiger partial charge in [-0.1, -0.05) is 0 Å². The Morgan fingerprint density at radius 2 is 2.08 bits per heavy atom. The van der Waals surface area contributed by atoms with Crippen molar-refractivity contribution in [3.05, 3.63) is 0 Å². The fourth-order valence-electron chi connectivity index (χ4n) is 0.417. The third-order valence-electron chi connectivity index (χ3n) is 0.981. The van der Waals surface area contributed by atoms with Crippen LogP contribution in [0.5, 0.6) is 0 Å². The van der Waals surface area contributed by atoms with E-state index in [2.05, 4.69) is 4.72 Å². The Labute approximate surface area is 86.0 Å². The van der Waals surface area contributed by atoms with Gasteiger partial charge in [-0.2, -0.15) is 0 Å². The topological polar surface area (TPSA) is 101 Å². The molecule has 0 rings (SSSR count). The standard InChI is InChI=1S/C3H12N3O3PS3/c1-3-13(8,9)6-10(7,11-4)12-5-2/h5H,3-4H2,1-2H3,(H,6,7). The van der Waals surface area contributed by atoms with Crippen LogP contribution in [-0.4, -0.2) is 21.2 Å². The average Bonchev–Trinajstić information content (AvgIpc) is 2.04. The first-order valence-corrected chi connectivity index (χ1v) is 9.51. The molecule has 0 aromatic carbocycles. The summed E-state index contributed by atoms with van der Waals surface area (Å²) in [6.07, 6.45) is 0. The summed E-state index contributed by atoms with van der Waals surface area (Å²) in [7, 11) is -1.95. The van der Waals surface area contributed by atoms with Crippen LogP contribution in [0.2, 0.25) is 0 Å². The average molecular weight is 265 g/mol. The van der Waals surface area contributed by atoms with E-state index < -0.39 is 15.7 Å². The van der Waals surface area contributed by atoms with Gasteiger partial charge in [-0.15, -0.1) is 4.49 Å². The van der Waals surface area contributed by atoms with Crippen LogP contribution in [0.4, 0.5) is 0 Å². The highest BCUT2D eigenvalue weighted by atomic mass is 33.1. The van der Waals surface area contributed by atoms with Gasteiger partial charge in [0.1, 0.15) is 0 Å². The Balaban J connectivity index is 4.55. The predicted molar refractivity (Wildman–Crippen MR) is 58.6 cm³/mol. The molecular weight excluding hydrogens is 253 g/mol. The van der Waals surface area contributed by atoms with E-state index in [1.165, 1.54) is 14.0 Å². The summed E-state index contributed by atoms with van der Waals surface area (Å²) in [4.78, 5) is 0. The summed E-state index contributed by atoms with van der Waals surface area (Å²) >= 11 is 1.28. The number of nitrogens with two attached hydrogens (primary N) is 1. The molecule has 0 fully saturated rings. The monoisotopic (exact) mass is 265 g/mol. The lowest BCUT2D eigenvalue weighted by Crippen LogP contribution is -2.21. The van der Waals surface area contributed by atoms with Gasteiger partial charge in [0.15, 0.2) is 0 Å². The largest absolute Gasteiger partial charge is 0.296 e. The summed E-state index contributed by atoms with van der Waals surface area (Å²) in [6.45, 7) is 1.46. The zero-order chi connectivity index (χ0) is 10.5. The smallest absolute Gasteiger partial charge is 0.279 e. The van der Waals surface area contributed by atoms with E-state index in [4.69, 9.17) is 5.14 Å². The summed E-state index contributed by atoms with van der Waals surface area (Å²) < 4.78 is 38.3. The second-order valence-corrected chi connectivity index (χ2v) is 11.2. The molecule has 10 heteroatoms. The van der Waals surface area contributed by atoms with Crippen molar-refractivity contribution in [2.75, 3.05) is 12.8 Å². The van der Waals surface area contributed by atoms with Crippen molar-refractivity contribution in [1.82, 2.24) is 9.21 Å². The third-order valence-corrected chi connectivity index (χ3v) is 9.34. The van der Waals surface area contributed by atoms with Gasteiger partial charge in [0.05, 0.1) is 5.75 Å². The van der Waals surface area contributed by atoms with Gasteiger partial charge in [-0.25, -0.2) is 8.42 Å². The molecule has 0 aliphatic heterocycles. The molecule has 0 saturated carbocycles. The van der Waals surface area contributed by atoms with Gasteiger partial charge in [0.2, 0.25) is 10.0 Å². The van der Waals surface area contributed by atoms with E-state index in [9.17, 15) is 13.0 Å². The molecule has 0 amide bonds. The highest BCUT2D eigenvalue weighted by Crippen LogP contribution is 2.61. The first-order valence-electron chi connectivity index (χ1n) is 3.24. The normalized spacial score (nSPS) is 16.8. The number of rotatable bonds is 6. The molecule has 0 aliphatic rings. The molecule has 4 N–H and O–H groups in total. The molecule has 0 aromatic rings. The zero-order valence-corrected chi connectivity index (χ0v) is 10.5. The van der Waals surface area contributed by atoms with Crippen molar-refractivity contribution in [2.45, 2.75) is 6.92 Å². The number of hydrogen-bond donors (Lipinski definition) is 3. The maximum Gasteiger partial charge on any atom is 0.296 e. The first kappa shape index (κ1) is 13.8. The number of hydrogen-bond acceptors (Lipinski definition) is 7. The second-order valence-electron chi connectivity index (χ2n) is 1.89. The molecule has 80 valence electrons. The predicted octanol–water partition coefficient (Wildman–Crippen LogP) is 0.508. The maximum absolute atomic E-state index is 11.6. The molecule has 0 heterocycles. The van der Waals surface area contributed by atoms with E-state index in [0.29, 0.717) is 11.6 Å². The fourth-order valence-corrected chi connectivity index (χ4v) is 7.58. The molecular formula is C3H12N3O3PS3. The summed E-state index contributed by atoms with van der Waals surface area (Å²) in [6, 6.07) is 0. The summed E-state index contributed by atoms with van der Waals surface area (Å²) in [5.41, 5.74) is -3.18. The maximum atomic E-state index is 11.6. The van der Waals surface area contributed by atoms with E-state index in [1.807, 2.05) is 4.49 Å². The molecule has 0 radical (unpaired) electrons. The fraction of sp³-hybridized carbons (Fsp3) is 1.00. The van der Waals surface area contributed by atoms with Crippen molar-refractivity contribution < 1.29 is 13.0 Å². The van der Waals surface area contributed by atoms with Crippen molar-refractivity contribution in [1.29, 1.82) is 0 Å². The lowest BCUT2D eigenvalue weighted by molar-refractivity contribution is 0.581. The minimum Gasteiger partial charge on any atom is -0.279 e. The van der Waals surface area contributed by atoms with Crippen LogP contribution in [0, 0.1) is 0 Å². The Bertz CT molecular complexity index is 291. The molecule has 0 aromatic heterocycles. The molecule has 0 spiro atoms. The van der Waals surface area contributed by atoms with Gasteiger partial charge >= 0.3 is 0 Å². The van der Waals surface area contributed by atoms with Gasteiger partial charge in [-0.3, -0.25) is 14.4 Å². The highest BCUT2D eigenvalue weighted by molar-refractivity contribution is 8.89. The quantitative estimate of drug-likeness (QED) is 0.475.